The summed E-state index contributed by atoms with van der Waals surface area (Å²) in [6.07, 6.45) is 1.14. The number of hydrogen-bond acceptors (Lipinski definition) is 5. The van der Waals surface area contributed by atoms with Crippen molar-refractivity contribution in [3.05, 3.63) is 70.1 Å². The third-order valence-corrected chi connectivity index (χ3v) is 7.32. The molecule has 1 aliphatic heterocycles. The van der Waals surface area contributed by atoms with Crippen LogP contribution in [0, 0.1) is 18.7 Å². The number of benzene rings is 1. The molecule has 1 saturated heterocycles. The maximum absolute atomic E-state index is 14.5. The fourth-order valence-electron chi connectivity index (χ4n) is 4.86. The van der Waals surface area contributed by atoms with E-state index in [1.165, 1.54) is 29.6 Å². The van der Waals surface area contributed by atoms with Crippen LogP contribution in [0.1, 0.15) is 53.7 Å². The van der Waals surface area contributed by atoms with Crippen LogP contribution in [0.3, 0.4) is 0 Å². The van der Waals surface area contributed by atoms with Gasteiger partial charge in [-0.05, 0) is 55.5 Å². The zero-order valence-corrected chi connectivity index (χ0v) is 20.9. The summed E-state index contributed by atoms with van der Waals surface area (Å²) in [5, 5.41) is 6.88. The molecular formula is C25H23ClF4N6O2. The molecule has 5 rings (SSSR count). The zero-order valence-electron chi connectivity index (χ0n) is 20.2. The maximum Gasteiger partial charge on any atom is 0.433 e. The van der Waals surface area contributed by atoms with Gasteiger partial charge in [-0.1, -0.05) is 11.6 Å². The second-order valence-corrected chi connectivity index (χ2v) is 9.90. The molecule has 3 aromatic rings. The fraction of sp³-hybridized carbons (Fsp3) is 0.400. The Morgan fingerprint density at radius 3 is 2.58 bits per heavy atom. The number of anilines is 1. The molecule has 13 heteroatoms. The van der Waals surface area contributed by atoms with Gasteiger partial charge in [-0.15, -0.1) is 0 Å². The molecule has 0 spiro atoms. The summed E-state index contributed by atoms with van der Waals surface area (Å²) in [4.78, 5) is 35.9. The highest BCUT2D eigenvalue weighted by atomic mass is 35.5. The van der Waals surface area contributed by atoms with E-state index in [2.05, 4.69) is 20.4 Å². The van der Waals surface area contributed by atoms with Gasteiger partial charge in [0.25, 0.3) is 0 Å². The lowest BCUT2D eigenvalue weighted by Gasteiger charge is -2.29. The average molecular weight is 551 g/mol. The van der Waals surface area contributed by atoms with Gasteiger partial charge in [-0.2, -0.15) is 18.3 Å². The third-order valence-electron chi connectivity index (χ3n) is 6.81. The highest BCUT2D eigenvalue weighted by molar-refractivity contribution is 6.32. The largest absolute Gasteiger partial charge is 0.433 e. The van der Waals surface area contributed by atoms with Crippen molar-refractivity contribution >= 4 is 29.2 Å². The maximum atomic E-state index is 14.5. The van der Waals surface area contributed by atoms with E-state index < -0.39 is 48.0 Å². The van der Waals surface area contributed by atoms with E-state index in [-0.39, 0.29) is 35.3 Å². The van der Waals surface area contributed by atoms with Crippen molar-refractivity contribution in [1.82, 2.24) is 24.6 Å². The van der Waals surface area contributed by atoms with E-state index in [9.17, 15) is 27.2 Å². The van der Waals surface area contributed by atoms with Crippen LogP contribution in [-0.2, 0) is 22.3 Å². The lowest BCUT2D eigenvalue weighted by Crippen LogP contribution is -2.38. The first kappa shape index (κ1) is 26.1. The predicted octanol–water partition coefficient (Wildman–Crippen LogP) is 4.90. The fourth-order valence-corrected chi connectivity index (χ4v) is 5.08. The number of nitrogens with one attached hydrogen (secondary N) is 1. The number of aromatic nitrogens is 4. The minimum Gasteiger partial charge on any atom is -0.333 e. The molecule has 2 aromatic heterocycles. The van der Waals surface area contributed by atoms with Gasteiger partial charge in [0.1, 0.15) is 18.1 Å². The highest BCUT2D eigenvalue weighted by Crippen LogP contribution is 2.44. The molecule has 200 valence electrons. The van der Waals surface area contributed by atoms with Crippen LogP contribution in [0.15, 0.2) is 36.8 Å². The van der Waals surface area contributed by atoms with Gasteiger partial charge in [0.2, 0.25) is 11.8 Å². The van der Waals surface area contributed by atoms with Gasteiger partial charge in [-0.25, -0.2) is 9.37 Å². The van der Waals surface area contributed by atoms with E-state index in [0.717, 1.165) is 25.0 Å². The topological polar surface area (TPSA) is 93.0 Å². The van der Waals surface area contributed by atoms with Gasteiger partial charge in [0.15, 0.2) is 5.82 Å². The number of rotatable bonds is 6. The molecule has 2 fully saturated rings. The number of alkyl halides is 3. The highest BCUT2D eigenvalue weighted by Gasteiger charge is 2.44. The second-order valence-electron chi connectivity index (χ2n) is 9.52. The number of amides is 2. The minimum absolute atomic E-state index is 0.0461. The van der Waals surface area contributed by atoms with Crippen molar-refractivity contribution in [2.75, 3.05) is 11.9 Å². The number of carbonyl (C=O) groups excluding carboxylic acids is 2. The van der Waals surface area contributed by atoms with Crippen molar-refractivity contribution in [3.63, 3.8) is 0 Å². The van der Waals surface area contributed by atoms with Crippen LogP contribution >= 0.6 is 11.6 Å². The van der Waals surface area contributed by atoms with Gasteiger partial charge < -0.3 is 10.2 Å². The average Bonchev–Trinajstić information content (AvgIpc) is 3.46. The van der Waals surface area contributed by atoms with E-state index in [1.54, 1.807) is 6.92 Å². The van der Waals surface area contributed by atoms with Crippen LogP contribution in [-0.4, -0.2) is 43.0 Å². The Morgan fingerprint density at radius 1 is 1.16 bits per heavy atom. The quantitative estimate of drug-likeness (QED) is 0.441. The van der Waals surface area contributed by atoms with Crippen LogP contribution < -0.4 is 5.32 Å². The first-order valence-corrected chi connectivity index (χ1v) is 12.4. The molecular weight excluding hydrogens is 528 g/mol. The summed E-state index contributed by atoms with van der Waals surface area (Å²) in [5.74, 6) is -2.55. The van der Waals surface area contributed by atoms with Crippen molar-refractivity contribution in [3.8, 4) is 0 Å². The molecule has 2 aliphatic rings. The lowest BCUT2D eigenvalue weighted by molar-refractivity contribution is -0.146. The summed E-state index contributed by atoms with van der Waals surface area (Å²) < 4.78 is 56.3. The van der Waals surface area contributed by atoms with Crippen molar-refractivity contribution in [1.29, 1.82) is 0 Å². The monoisotopic (exact) mass is 550 g/mol. The SMILES string of the molecule is Cc1cc(F)cc([C@@H]2[C@H](C(=O)Nc3cnccn3)CCN2C(=O)Cn2nc(C3CC3)cc2C(F)(F)F)c1Cl. The molecule has 38 heavy (non-hydrogen) atoms. The normalized spacial score (nSPS) is 19.6. The van der Waals surface area contributed by atoms with E-state index in [1.807, 2.05) is 0 Å². The first-order valence-electron chi connectivity index (χ1n) is 12.0. The van der Waals surface area contributed by atoms with Gasteiger partial charge in [0, 0.05) is 29.9 Å². The Hall–Kier alpha value is -3.54. The third kappa shape index (κ3) is 5.22. The summed E-state index contributed by atoms with van der Waals surface area (Å²) in [6, 6.07) is 2.33. The molecule has 1 aliphatic carbocycles. The molecule has 8 nitrogen and oxygen atoms in total. The summed E-state index contributed by atoms with van der Waals surface area (Å²) in [5.41, 5.74) is -0.118. The molecule has 0 radical (unpaired) electrons. The zero-order chi connectivity index (χ0) is 27.2. The van der Waals surface area contributed by atoms with Gasteiger partial charge in [-0.3, -0.25) is 19.3 Å². The van der Waals surface area contributed by atoms with Gasteiger partial charge >= 0.3 is 6.18 Å². The van der Waals surface area contributed by atoms with Crippen molar-refractivity contribution in [2.45, 2.75) is 50.9 Å². The minimum atomic E-state index is -4.70. The summed E-state index contributed by atoms with van der Waals surface area (Å²) in [6.45, 7) is 0.942. The Kier molecular flexibility index (Phi) is 6.84. The van der Waals surface area contributed by atoms with Crippen LogP contribution in [0.5, 0.6) is 0 Å². The standard InChI is InChI=1S/C25H23ClF4N6O2/c1-13-8-15(27)9-17(22(13)26)23-16(24(38)33-20-11-31-5-6-32-20)4-7-35(23)21(37)12-36-19(25(28,29)30)10-18(34-36)14-2-3-14/h5-6,8-11,14,16,23H,2-4,7,12H2,1H3,(H,32,33,38)/t16-,23+/m1/s1. The molecule has 0 unspecified atom stereocenters. The lowest BCUT2D eigenvalue weighted by atomic mass is 9.91. The molecule has 1 N–H and O–H groups in total. The number of halogens is 5. The molecule has 3 heterocycles. The molecule has 0 bridgehead atoms. The van der Waals surface area contributed by atoms with Crippen molar-refractivity contribution < 1.29 is 27.2 Å². The van der Waals surface area contributed by atoms with Crippen LogP contribution in [0.25, 0.3) is 0 Å². The summed E-state index contributed by atoms with van der Waals surface area (Å²) in [7, 11) is 0. The second kappa shape index (κ2) is 9.97. The van der Waals surface area contributed by atoms with Gasteiger partial charge in [0.05, 0.1) is 23.9 Å². The number of likely N-dealkylation sites (tertiary alicyclic amines) is 1. The number of hydrogen-bond donors (Lipinski definition) is 1. The first-order chi connectivity index (χ1) is 18.0. The van der Waals surface area contributed by atoms with Crippen LogP contribution in [0.4, 0.5) is 23.4 Å². The number of aryl methyl sites for hydroxylation is 1. The molecule has 2 atom stereocenters. The van der Waals surface area contributed by atoms with E-state index in [0.29, 0.717) is 15.9 Å². The van der Waals surface area contributed by atoms with E-state index >= 15 is 0 Å². The molecule has 1 aromatic carbocycles. The number of nitrogens with zero attached hydrogens (tertiary/aromatic N) is 5. The smallest absolute Gasteiger partial charge is 0.333 e. The molecule has 2 amide bonds. The van der Waals surface area contributed by atoms with E-state index in [4.69, 9.17) is 11.6 Å². The Labute approximate surface area is 220 Å². The van der Waals surface area contributed by atoms with Crippen molar-refractivity contribution in [2.24, 2.45) is 5.92 Å². The number of carbonyl (C=O) groups is 2. The Bertz CT molecular complexity index is 1380. The predicted molar refractivity (Wildman–Crippen MR) is 129 cm³/mol. The molecule has 1 saturated carbocycles. The summed E-state index contributed by atoms with van der Waals surface area (Å²) >= 11 is 6.51. The Balaban J connectivity index is 1.48. The van der Waals surface area contributed by atoms with Crippen LogP contribution in [0.2, 0.25) is 5.02 Å². The Morgan fingerprint density at radius 2 is 1.92 bits per heavy atom.